The number of hydrogen-bond acceptors (Lipinski definition) is 1. The highest BCUT2D eigenvalue weighted by Gasteiger charge is 2.22. The van der Waals surface area contributed by atoms with Gasteiger partial charge in [-0.15, -0.1) is 5.73 Å². The second-order valence-electron chi connectivity index (χ2n) is 3.14. The molecule has 0 aromatic rings. The maximum atomic E-state index is 5.54. The first-order chi connectivity index (χ1) is 5.59. The van der Waals surface area contributed by atoms with Crippen molar-refractivity contribution in [3.05, 3.63) is 48.1 Å². The van der Waals surface area contributed by atoms with Crippen LogP contribution in [0.1, 0.15) is 13.8 Å². The Morgan fingerprint density at radius 3 is 2.50 bits per heavy atom. The molecule has 0 saturated carbocycles. The summed E-state index contributed by atoms with van der Waals surface area (Å²) in [5.41, 5.74) is 6.00. The molecule has 0 unspecified atom stereocenters. The quantitative estimate of drug-likeness (QED) is 0.495. The summed E-state index contributed by atoms with van der Waals surface area (Å²) in [7, 11) is 0. The second kappa shape index (κ2) is 2.91. The fourth-order valence-electron chi connectivity index (χ4n) is 0.982. The molecular weight excluding hydrogens is 148 g/mol. The zero-order valence-electron chi connectivity index (χ0n) is 7.48. The Morgan fingerprint density at radius 1 is 1.33 bits per heavy atom. The molecule has 0 aromatic carbocycles. The smallest absolute Gasteiger partial charge is 0.177 e. The van der Waals surface area contributed by atoms with Crippen molar-refractivity contribution < 1.29 is 4.74 Å². The molecule has 0 saturated heterocycles. The molecule has 0 aromatic heterocycles. The second-order valence-corrected chi connectivity index (χ2v) is 3.14. The molecule has 12 heavy (non-hydrogen) atoms. The molecule has 1 rings (SSSR count). The molecule has 1 heteroatoms. The van der Waals surface area contributed by atoms with E-state index in [4.69, 9.17) is 4.74 Å². The molecule has 0 radical (unpaired) electrons. The summed E-state index contributed by atoms with van der Waals surface area (Å²) >= 11 is 0. The third-order valence-corrected chi connectivity index (χ3v) is 1.61. The number of ether oxygens (including phenoxy) is 1. The summed E-state index contributed by atoms with van der Waals surface area (Å²) in [5.74, 6) is 0.623. The molecule has 0 fully saturated rings. The van der Waals surface area contributed by atoms with Crippen molar-refractivity contribution in [3.8, 4) is 0 Å². The highest BCUT2D eigenvalue weighted by atomic mass is 16.5. The average molecular weight is 160 g/mol. The highest BCUT2D eigenvalue weighted by Crippen LogP contribution is 2.26. The molecule has 1 heterocycles. The predicted molar refractivity (Wildman–Crippen MR) is 49.6 cm³/mol. The lowest BCUT2D eigenvalue weighted by Crippen LogP contribution is -2.24. The Hall–Kier alpha value is -1.42. The van der Waals surface area contributed by atoms with Crippen LogP contribution < -0.4 is 0 Å². The Balaban J connectivity index is 3.17. The van der Waals surface area contributed by atoms with Crippen LogP contribution in [0.4, 0.5) is 0 Å². The Kier molecular flexibility index (Phi) is 2.10. The van der Waals surface area contributed by atoms with Gasteiger partial charge in [-0.25, -0.2) is 0 Å². The van der Waals surface area contributed by atoms with Crippen LogP contribution >= 0.6 is 0 Å². The van der Waals surface area contributed by atoms with Crippen LogP contribution in [-0.2, 0) is 4.74 Å². The lowest BCUT2D eigenvalue weighted by atomic mass is 10.0. The molecule has 1 aliphatic heterocycles. The van der Waals surface area contributed by atoms with E-state index in [0.29, 0.717) is 5.76 Å². The van der Waals surface area contributed by atoms with Crippen molar-refractivity contribution in [1.29, 1.82) is 0 Å². The Bertz CT molecular complexity index is 319. The normalized spacial score (nSPS) is 19.5. The number of hydrogen-bond donors (Lipinski definition) is 0. The molecule has 0 N–H and O–H groups in total. The van der Waals surface area contributed by atoms with Gasteiger partial charge in [-0.3, -0.25) is 0 Å². The predicted octanol–water partition coefficient (Wildman–Crippen LogP) is 2.73. The van der Waals surface area contributed by atoms with Crippen LogP contribution in [0.2, 0.25) is 0 Å². The van der Waals surface area contributed by atoms with Gasteiger partial charge in [0.05, 0.1) is 5.57 Å². The summed E-state index contributed by atoms with van der Waals surface area (Å²) in [6.07, 6.45) is 3.88. The van der Waals surface area contributed by atoms with Crippen molar-refractivity contribution >= 4 is 0 Å². The summed E-state index contributed by atoms with van der Waals surface area (Å²) in [5, 5.41) is 0. The SMILES string of the molecule is C=C=C1C=CC(C)(C)OC1=C=C. The first kappa shape index (κ1) is 8.67. The molecule has 1 nitrogen and oxygen atoms in total. The molecule has 0 amide bonds. The summed E-state index contributed by atoms with van der Waals surface area (Å²) in [6, 6.07) is 0. The minimum absolute atomic E-state index is 0.277. The maximum Gasteiger partial charge on any atom is 0.177 e. The van der Waals surface area contributed by atoms with Crippen molar-refractivity contribution in [3.63, 3.8) is 0 Å². The molecule has 0 bridgehead atoms. The van der Waals surface area contributed by atoms with Crippen molar-refractivity contribution in [2.24, 2.45) is 0 Å². The van der Waals surface area contributed by atoms with Gasteiger partial charge < -0.3 is 4.74 Å². The van der Waals surface area contributed by atoms with Crippen LogP contribution in [0.3, 0.4) is 0 Å². The topological polar surface area (TPSA) is 9.23 Å². The van der Waals surface area contributed by atoms with Gasteiger partial charge in [0.1, 0.15) is 5.60 Å². The first-order valence-electron chi connectivity index (χ1n) is 3.78. The summed E-state index contributed by atoms with van der Waals surface area (Å²) in [6.45, 7) is 11.0. The fourth-order valence-corrected chi connectivity index (χ4v) is 0.982. The lowest BCUT2D eigenvalue weighted by Gasteiger charge is -2.27. The van der Waals surface area contributed by atoms with E-state index in [1.165, 1.54) is 0 Å². The van der Waals surface area contributed by atoms with Crippen LogP contribution in [0.15, 0.2) is 48.1 Å². The van der Waals surface area contributed by atoms with Crippen LogP contribution in [0, 0.1) is 0 Å². The molecular formula is C11H12O. The number of rotatable bonds is 0. The number of allylic oxidation sites excluding steroid dienone is 1. The van der Waals surface area contributed by atoms with Gasteiger partial charge in [-0.1, -0.05) is 18.9 Å². The largest absolute Gasteiger partial charge is 0.475 e. The standard InChI is InChI=1S/C11H12O/c1-5-9-7-8-11(3,4)12-10(9)6-2/h7-8H,1-2H2,3-4H3. The van der Waals surface area contributed by atoms with Gasteiger partial charge in [-0.2, -0.15) is 0 Å². The third-order valence-electron chi connectivity index (χ3n) is 1.61. The van der Waals surface area contributed by atoms with Crippen molar-refractivity contribution in [2.75, 3.05) is 0 Å². The van der Waals surface area contributed by atoms with E-state index >= 15 is 0 Å². The van der Waals surface area contributed by atoms with E-state index in [1.807, 2.05) is 26.0 Å². The van der Waals surface area contributed by atoms with E-state index in [2.05, 4.69) is 24.6 Å². The molecule has 0 spiro atoms. The first-order valence-corrected chi connectivity index (χ1v) is 3.78. The van der Waals surface area contributed by atoms with Crippen molar-refractivity contribution in [2.45, 2.75) is 19.4 Å². The van der Waals surface area contributed by atoms with Crippen molar-refractivity contribution in [1.82, 2.24) is 0 Å². The Labute approximate surface area is 73.0 Å². The van der Waals surface area contributed by atoms with E-state index in [-0.39, 0.29) is 5.60 Å². The zero-order valence-corrected chi connectivity index (χ0v) is 7.48. The highest BCUT2D eigenvalue weighted by molar-refractivity contribution is 5.38. The fraction of sp³-hybridized carbons (Fsp3) is 0.273. The molecule has 62 valence electrons. The Morgan fingerprint density at radius 2 is 2.00 bits per heavy atom. The van der Waals surface area contributed by atoms with E-state index in [0.717, 1.165) is 5.57 Å². The van der Waals surface area contributed by atoms with Crippen LogP contribution in [0.5, 0.6) is 0 Å². The third kappa shape index (κ3) is 1.60. The van der Waals surface area contributed by atoms with E-state index in [1.54, 1.807) is 0 Å². The van der Waals surface area contributed by atoms with Gasteiger partial charge in [-0.05, 0) is 26.0 Å². The lowest BCUT2D eigenvalue weighted by molar-refractivity contribution is 0.0801. The van der Waals surface area contributed by atoms with Gasteiger partial charge in [0.2, 0.25) is 0 Å². The molecule has 1 aliphatic rings. The van der Waals surface area contributed by atoms with Gasteiger partial charge >= 0.3 is 0 Å². The zero-order chi connectivity index (χ0) is 9.19. The summed E-state index contributed by atoms with van der Waals surface area (Å²) < 4.78 is 5.54. The minimum atomic E-state index is -0.277. The minimum Gasteiger partial charge on any atom is -0.475 e. The van der Waals surface area contributed by atoms with Gasteiger partial charge in [0.15, 0.2) is 5.76 Å². The molecule has 0 atom stereocenters. The van der Waals surface area contributed by atoms with Crippen LogP contribution in [-0.4, -0.2) is 5.60 Å². The molecule has 0 aliphatic carbocycles. The maximum absolute atomic E-state index is 5.54. The van der Waals surface area contributed by atoms with Gasteiger partial charge in [0, 0.05) is 0 Å². The average Bonchev–Trinajstić information content (AvgIpc) is 2.03. The summed E-state index contributed by atoms with van der Waals surface area (Å²) in [4.78, 5) is 0. The van der Waals surface area contributed by atoms with E-state index in [9.17, 15) is 0 Å². The monoisotopic (exact) mass is 160 g/mol. The van der Waals surface area contributed by atoms with Crippen LogP contribution in [0.25, 0.3) is 0 Å². The van der Waals surface area contributed by atoms with Gasteiger partial charge in [0.25, 0.3) is 0 Å². The van der Waals surface area contributed by atoms with E-state index < -0.39 is 0 Å².